The van der Waals surface area contributed by atoms with E-state index in [0.717, 1.165) is 6.07 Å². The Morgan fingerprint density at radius 3 is 2.41 bits per heavy atom. The summed E-state index contributed by atoms with van der Waals surface area (Å²) < 4.78 is 38.3. The second-order valence-electron chi connectivity index (χ2n) is 7.97. The minimum Gasteiger partial charge on any atom is -0.505 e. The molecule has 0 aliphatic carbocycles. The number of azo groups is 1. The Morgan fingerprint density at radius 1 is 1.05 bits per heavy atom. The number of hydrogen-bond donors (Lipinski definition) is 3. The number of carbonyl (C=O) groups is 1. The van der Waals surface area contributed by atoms with Crippen LogP contribution in [0.15, 0.2) is 81.9 Å². The number of fused-ring (bicyclic) bond motifs is 1. The molecule has 0 aliphatic rings. The zero-order chi connectivity index (χ0) is 26.7. The molecule has 1 amide bonds. The minimum atomic E-state index is -4.61. The molecule has 4 aromatic rings. The van der Waals surface area contributed by atoms with Crippen LogP contribution < -0.4 is 10.1 Å². The smallest absolute Gasteiger partial charge is 0.296 e. The van der Waals surface area contributed by atoms with Crippen molar-refractivity contribution in [3.8, 4) is 11.5 Å². The summed E-state index contributed by atoms with van der Waals surface area (Å²) in [6, 6.07) is 17.8. The number of aromatic hydroxyl groups is 1. The summed E-state index contributed by atoms with van der Waals surface area (Å²) in [4.78, 5) is 12.6. The monoisotopic (exact) mass is 539 g/mol. The maximum Gasteiger partial charge on any atom is 0.296 e. The predicted molar refractivity (Wildman–Crippen MR) is 141 cm³/mol. The van der Waals surface area contributed by atoms with E-state index in [0.29, 0.717) is 34.2 Å². The maximum atomic E-state index is 13.1. The molecule has 3 N–H and O–H groups in total. The molecule has 0 spiro atoms. The topological polar surface area (TPSA) is 138 Å². The highest BCUT2D eigenvalue weighted by Gasteiger charge is 2.20. The number of benzene rings is 4. The van der Waals surface area contributed by atoms with Gasteiger partial charge in [0.05, 0.1) is 23.4 Å². The van der Waals surface area contributed by atoms with Gasteiger partial charge < -0.3 is 15.2 Å². The van der Waals surface area contributed by atoms with Gasteiger partial charge in [-0.1, -0.05) is 42.8 Å². The largest absolute Gasteiger partial charge is 0.505 e. The van der Waals surface area contributed by atoms with E-state index in [9.17, 15) is 22.9 Å². The van der Waals surface area contributed by atoms with Gasteiger partial charge in [0.2, 0.25) is 0 Å². The molecule has 0 saturated heterocycles. The molecule has 0 fully saturated rings. The first-order valence-corrected chi connectivity index (χ1v) is 12.9. The molecule has 0 aromatic heterocycles. The molecule has 0 radical (unpaired) electrons. The predicted octanol–water partition coefficient (Wildman–Crippen LogP) is 6.68. The van der Waals surface area contributed by atoms with Crippen molar-refractivity contribution in [1.29, 1.82) is 0 Å². The number of carbonyl (C=O) groups excluding carboxylic acids is 1. The Balaban J connectivity index is 1.79. The lowest BCUT2D eigenvalue weighted by atomic mass is 10.0. The van der Waals surface area contributed by atoms with Crippen LogP contribution in [0.1, 0.15) is 22.8 Å². The van der Waals surface area contributed by atoms with Gasteiger partial charge in [-0.15, -0.1) is 5.11 Å². The first-order valence-electron chi connectivity index (χ1n) is 11.0. The van der Waals surface area contributed by atoms with E-state index in [1.807, 2.05) is 0 Å². The highest BCUT2D eigenvalue weighted by molar-refractivity contribution is 7.86. The lowest BCUT2D eigenvalue weighted by Gasteiger charge is -2.12. The lowest BCUT2D eigenvalue weighted by molar-refractivity contribution is 0.102. The Hall–Kier alpha value is -3.99. The molecule has 0 saturated carbocycles. The van der Waals surface area contributed by atoms with Crippen molar-refractivity contribution in [2.45, 2.75) is 18.2 Å². The number of hydrogen-bond acceptors (Lipinski definition) is 7. The summed E-state index contributed by atoms with van der Waals surface area (Å²) in [6.45, 7) is 1.76. The summed E-state index contributed by atoms with van der Waals surface area (Å²) in [7, 11) is -3.08. The number of nitrogens with zero attached hydrogens (tertiary/aromatic N) is 2. The molecule has 37 heavy (non-hydrogen) atoms. The Kier molecular flexibility index (Phi) is 7.44. The van der Waals surface area contributed by atoms with Crippen molar-refractivity contribution in [3.63, 3.8) is 0 Å². The fraction of sp³-hybridized carbons (Fsp3) is 0.115. The number of rotatable bonds is 7. The maximum absolute atomic E-state index is 13.1. The number of phenolic OH excluding ortho intramolecular Hbond substituents is 1. The fourth-order valence-corrected chi connectivity index (χ4v) is 4.88. The van der Waals surface area contributed by atoms with Crippen LogP contribution in [0.4, 0.5) is 17.1 Å². The number of anilines is 1. The average molecular weight is 540 g/mol. The molecule has 11 heteroatoms. The van der Waals surface area contributed by atoms with Gasteiger partial charge in [0.1, 0.15) is 16.3 Å². The Bertz CT molecular complexity index is 1640. The number of methoxy groups -OCH3 is 1. The lowest BCUT2D eigenvalue weighted by Crippen LogP contribution is -2.12. The summed E-state index contributed by atoms with van der Waals surface area (Å²) in [5.41, 5.74) is 0.997. The van der Waals surface area contributed by atoms with Gasteiger partial charge in [0.15, 0.2) is 5.75 Å². The fourth-order valence-electron chi connectivity index (χ4n) is 3.71. The molecule has 4 rings (SSSR count). The van der Waals surface area contributed by atoms with Gasteiger partial charge in [0, 0.05) is 11.1 Å². The molecule has 0 unspecified atom stereocenters. The average Bonchev–Trinajstić information content (AvgIpc) is 2.88. The number of amides is 1. The van der Waals surface area contributed by atoms with E-state index in [2.05, 4.69) is 15.5 Å². The van der Waals surface area contributed by atoms with Crippen LogP contribution in [-0.4, -0.2) is 31.1 Å². The van der Waals surface area contributed by atoms with Crippen molar-refractivity contribution in [2.75, 3.05) is 12.4 Å². The molecule has 190 valence electrons. The highest BCUT2D eigenvalue weighted by Crippen LogP contribution is 2.40. The van der Waals surface area contributed by atoms with Crippen LogP contribution in [0.5, 0.6) is 11.5 Å². The van der Waals surface area contributed by atoms with Gasteiger partial charge in [-0.05, 0) is 59.8 Å². The van der Waals surface area contributed by atoms with Crippen molar-refractivity contribution in [1.82, 2.24) is 0 Å². The summed E-state index contributed by atoms with van der Waals surface area (Å²) in [6.07, 6.45) is 0.375. The first kappa shape index (κ1) is 26.1. The van der Waals surface area contributed by atoms with Gasteiger partial charge in [-0.2, -0.15) is 13.5 Å². The second-order valence-corrected chi connectivity index (χ2v) is 9.74. The molecular formula is C26H22ClN3O6S. The molecule has 9 nitrogen and oxygen atoms in total. The third-order valence-electron chi connectivity index (χ3n) is 5.61. The van der Waals surface area contributed by atoms with Crippen LogP contribution in [0.3, 0.4) is 0 Å². The summed E-state index contributed by atoms with van der Waals surface area (Å²) in [5, 5.41) is 23.1. The Labute approximate surface area is 218 Å². The van der Waals surface area contributed by atoms with Gasteiger partial charge >= 0.3 is 0 Å². The van der Waals surface area contributed by atoms with E-state index in [1.165, 1.54) is 19.2 Å². The third-order valence-corrected chi connectivity index (χ3v) is 7.05. The number of aryl methyl sites for hydroxylation is 1. The van der Waals surface area contributed by atoms with E-state index in [4.69, 9.17) is 16.3 Å². The van der Waals surface area contributed by atoms with E-state index >= 15 is 0 Å². The third kappa shape index (κ3) is 5.56. The van der Waals surface area contributed by atoms with Crippen molar-refractivity contribution in [3.05, 3.63) is 82.9 Å². The molecule has 0 aliphatic heterocycles. The molecule has 0 heterocycles. The summed E-state index contributed by atoms with van der Waals surface area (Å²) >= 11 is 6.12. The van der Waals surface area contributed by atoms with Gasteiger partial charge in [-0.25, -0.2) is 0 Å². The SMILES string of the molecule is CCc1cc(N=Nc2c(O)c(C(=O)Nc3ccc(OC)cc3)cc3ccccc23)cc(S(=O)(=O)O)c1Cl. The number of phenols is 1. The molecule has 0 bridgehead atoms. The number of nitrogens with one attached hydrogen (secondary N) is 1. The number of ether oxygens (including phenoxy) is 1. The quantitative estimate of drug-likeness (QED) is 0.177. The van der Waals surface area contributed by atoms with Gasteiger partial charge in [0.25, 0.3) is 16.0 Å². The van der Waals surface area contributed by atoms with Crippen LogP contribution >= 0.6 is 11.6 Å². The highest BCUT2D eigenvalue weighted by atomic mass is 35.5. The Morgan fingerprint density at radius 2 is 1.76 bits per heavy atom. The number of halogens is 1. The van der Waals surface area contributed by atoms with Crippen LogP contribution in [0.2, 0.25) is 5.02 Å². The van der Waals surface area contributed by atoms with E-state index < -0.39 is 26.7 Å². The molecule has 0 atom stereocenters. The van der Waals surface area contributed by atoms with Crippen LogP contribution in [0, 0.1) is 0 Å². The summed E-state index contributed by atoms with van der Waals surface area (Å²) in [5.74, 6) is -0.355. The van der Waals surface area contributed by atoms with Crippen molar-refractivity contribution in [2.24, 2.45) is 10.2 Å². The zero-order valence-corrected chi connectivity index (χ0v) is 21.3. The first-order chi connectivity index (χ1) is 17.6. The van der Waals surface area contributed by atoms with Crippen molar-refractivity contribution < 1.29 is 27.6 Å². The molecular weight excluding hydrogens is 518 g/mol. The molecule has 4 aromatic carbocycles. The van der Waals surface area contributed by atoms with Gasteiger partial charge in [-0.3, -0.25) is 9.35 Å². The normalized spacial score (nSPS) is 11.7. The van der Waals surface area contributed by atoms with Crippen molar-refractivity contribution >= 4 is 55.5 Å². The minimum absolute atomic E-state index is 0.0133. The zero-order valence-electron chi connectivity index (χ0n) is 19.8. The van der Waals surface area contributed by atoms with Crippen LogP contribution in [-0.2, 0) is 16.5 Å². The standard InChI is InChI=1S/C26H22ClN3O6S/c1-3-15-12-18(14-22(23(15)27)37(33,34)35)29-30-24-20-7-5-4-6-16(20)13-21(25(24)31)26(32)28-17-8-10-19(36-2)11-9-17/h4-14,31H,3H2,1-2H3,(H,28,32)(H,33,34,35). The van der Waals surface area contributed by atoms with E-state index in [-0.39, 0.29) is 22.0 Å². The van der Waals surface area contributed by atoms with Crippen LogP contribution in [0.25, 0.3) is 10.8 Å². The van der Waals surface area contributed by atoms with E-state index in [1.54, 1.807) is 55.5 Å². The second kappa shape index (κ2) is 10.6.